The molecule has 5 N–H and O–H groups in total. The predicted octanol–water partition coefficient (Wildman–Crippen LogP) is -2.38. The van der Waals surface area contributed by atoms with Crippen LogP contribution in [0.3, 0.4) is 0 Å². The number of carbonyl (C=O) groups is 3. The van der Waals surface area contributed by atoms with E-state index in [2.05, 4.69) is 20.1 Å². The highest BCUT2D eigenvalue weighted by atomic mass is 32.3. The molecule has 1 aromatic rings. The molecule has 0 saturated carbocycles. The number of fused-ring (bicyclic) bond motifs is 2. The third-order valence-electron chi connectivity index (χ3n) is 4.10. The second-order valence-electron chi connectivity index (χ2n) is 6.02. The number of piperidine rings is 1. The summed E-state index contributed by atoms with van der Waals surface area (Å²) >= 11 is 0. The van der Waals surface area contributed by atoms with Gasteiger partial charge in [0.05, 0.1) is 12.4 Å². The maximum absolute atomic E-state index is 12.3. The number of hydrogen-bond donors (Lipinski definition) is 4. The summed E-state index contributed by atoms with van der Waals surface area (Å²) in [5.74, 6) is -0.944. The Balaban J connectivity index is 1.55. The number of nitrogens with zero attached hydrogens (tertiary/aromatic N) is 4. The van der Waals surface area contributed by atoms with Crippen molar-refractivity contribution in [2.45, 2.75) is 31.5 Å². The Morgan fingerprint density at radius 3 is 2.74 bits per heavy atom. The van der Waals surface area contributed by atoms with Gasteiger partial charge < -0.3 is 15.2 Å². The molecule has 2 fully saturated rings. The fraction of sp³-hybridized carbons (Fsp3) is 0.500. The number of imidazole rings is 1. The van der Waals surface area contributed by atoms with Gasteiger partial charge in [0.1, 0.15) is 18.4 Å². The Morgan fingerprint density at radius 1 is 1.37 bits per heavy atom. The number of hydroxylamine groups is 2. The van der Waals surface area contributed by atoms with E-state index in [0.717, 1.165) is 4.90 Å². The molecular formula is C12H17N7O7S. The summed E-state index contributed by atoms with van der Waals surface area (Å²) in [5, 5.41) is 0.532. The quantitative estimate of drug-likeness (QED) is 0.307. The van der Waals surface area contributed by atoms with E-state index >= 15 is 0 Å². The maximum Gasteiger partial charge on any atom is 0.418 e. The van der Waals surface area contributed by atoms with Gasteiger partial charge in [-0.25, -0.2) is 9.78 Å². The topological polar surface area (TPSA) is 189 Å². The molecule has 0 radical (unpaired) electrons. The molecule has 14 nitrogen and oxygen atoms in total. The van der Waals surface area contributed by atoms with E-state index in [4.69, 9.17) is 10.3 Å². The summed E-state index contributed by atoms with van der Waals surface area (Å²) in [5.41, 5.74) is 9.87. The number of anilines is 1. The highest BCUT2D eigenvalue weighted by Crippen LogP contribution is 2.30. The lowest BCUT2D eigenvalue weighted by molar-refractivity contribution is -0.132. The third kappa shape index (κ3) is 4.26. The van der Waals surface area contributed by atoms with Crippen LogP contribution >= 0.6 is 0 Å². The Morgan fingerprint density at radius 2 is 2.11 bits per heavy atom. The van der Waals surface area contributed by atoms with Gasteiger partial charge in [0.25, 0.3) is 11.8 Å². The highest BCUT2D eigenvalue weighted by molar-refractivity contribution is 7.80. The Kier molecular flexibility index (Phi) is 4.90. The van der Waals surface area contributed by atoms with Gasteiger partial charge in [0.15, 0.2) is 0 Å². The summed E-state index contributed by atoms with van der Waals surface area (Å²) in [6.07, 6.45) is 3.29. The standard InChI is InChI=1S/C12H17N7O7S/c13-9-4-17(6-14-9)5-10(20)15-16-11(21)8-2-1-7-3-18(8)12(22)19(7)26-27(23,24)25/h4,6-8H,1-3,5,13H2,(H,15,20)(H,16,21)(H,23,24,25)/t7-,8+/m1/s1. The molecule has 2 aliphatic heterocycles. The van der Waals surface area contributed by atoms with Crippen LogP contribution in [-0.2, 0) is 30.8 Å². The minimum Gasteiger partial charge on any atom is -0.382 e. The van der Waals surface area contributed by atoms with E-state index in [1.807, 2.05) is 0 Å². The SMILES string of the molecule is Nc1cn(CC(=O)NNC(=O)[C@@H]2CC[C@@H]3CN2C(=O)N3OS(=O)(=O)O)cn1. The van der Waals surface area contributed by atoms with Crippen molar-refractivity contribution in [3.05, 3.63) is 12.5 Å². The molecule has 2 bridgehead atoms. The van der Waals surface area contributed by atoms with Crippen molar-refractivity contribution >= 4 is 34.1 Å². The van der Waals surface area contributed by atoms with Crippen LogP contribution in [-0.4, -0.2) is 69.0 Å². The van der Waals surface area contributed by atoms with Crippen LogP contribution in [0.15, 0.2) is 12.5 Å². The molecule has 0 spiro atoms. The Hall–Kier alpha value is -2.91. The monoisotopic (exact) mass is 403 g/mol. The van der Waals surface area contributed by atoms with E-state index in [1.54, 1.807) is 0 Å². The molecule has 4 amide bonds. The van der Waals surface area contributed by atoms with Crippen LogP contribution in [0.25, 0.3) is 0 Å². The number of hydrogen-bond acceptors (Lipinski definition) is 8. The number of nitrogens with one attached hydrogen (secondary N) is 2. The van der Waals surface area contributed by atoms with Crippen LogP contribution in [0.4, 0.5) is 10.6 Å². The summed E-state index contributed by atoms with van der Waals surface area (Å²) < 4.78 is 36.1. The largest absolute Gasteiger partial charge is 0.418 e. The Bertz CT molecular complexity index is 869. The van der Waals surface area contributed by atoms with Gasteiger partial charge in [-0.1, -0.05) is 0 Å². The predicted molar refractivity (Wildman–Crippen MR) is 86.3 cm³/mol. The average Bonchev–Trinajstić information content (AvgIpc) is 3.09. The summed E-state index contributed by atoms with van der Waals surface area (Å²) in [6, 6.07) is -2.40. The Labute approximate surface area is 153 Å². The fourth-order valence-electron chi connectivity index (χ4n) is 2.99. The molecule has 3 heterocycles. The van der Waals surface area contributed by atoms with Crippen molar-refractivity contribution in [1.82, 2.24) is 30.4 Å². The lowest BCUT2D eigenvalue weighted by Crippen LogP contribution is -2.54. The van der Waals surface area contributed by atoms with Crippen LogP contribution in [0.2, 0.25) is 0 Å². The van der Waals surface area contributed by atoms with Crippen LogP contribution < -0.4 is 16.6 Å². The van der Waals surface area contributed by atoms with E-state index in [1.165, 1.54) is 17.1 Å². The number of amides is 4. The minimum atomic E-state index is -4.86. The average molecular weight is 403 g/mol. The number of rotatable bonds is 5. The first-order chi connectivity index (χ1) is 12.6. The fourth-order valence-corrected chi connectivity index (χ4v) is 3.38. The number of nitrogen functional groups attached to an aromatic ring is 1. The van der Waals surface area contributed by atoms with Gasteiger partial charge >= 0.3 is 16.4 Å². The number of carbonyl (C=O) groups excluding carboxylic acids is 3. The van der Waals surface area contributed by atoms with Gasteiger partial charge in [-0.15, -0.1) is 4.28 Å². The molecule has 2 saturated heterocycles. The van der Waals surface area contributed by atoms with Gasteiger partial charge in [-0.2, -0.15) is 13.5 Å². The van der Waals surface area contributed by atoms with Crippen molar-refractivity contribution in [3.8, 4) is 0 Å². The molecule has 148 valence electrons. The number of aromatic nitrogens is 2. The number of urea groups is 1. The molecule has 1 aromatic heterocycles. The van der Waals surface area contributed by atoms with E-state index < -0.39 is 40.3 Å². The highest BCUT2D eigenvalue weighted by Gasteiger charge is 2.49. The molecule has 15 heteroatoms. The normalized spacial score (nSPS) is 22.0. The minimum absolute atomic E-state index is 0.0503. The van der Waals surface area contributed by atoms with Gasteiger partial charge in [0.2, 0.25) is 0 Å². The van der Waals surface area contributed by atoms with Crippen molar-refractivity contribution < 1.29 is 31.6 Å². The summed E-state index contributed by atoms with van der Waals surface area (Å²) in [7, 11) is -4.86. The molecule has 27 heavy (non-hydrogen) atoms. The van der Waals surface area contributed by atoms with Crippen LogP contribution in [0.1, 0.15) is 12.8 Å². The molecule has 0 aliphatic carbocycles. The van der Waals surface area contributed by atoms with Crippen molar-refractivity contribution in [2.24, 2.45) is 0 Å². The molecule has 3 rings (SSSR count). The van der Waals surface area contributed by atoms with Crippen LogP contribution in [0, 0.1) is 0 Å². The molecule has 0 unspecified atom stereocenters. The molecule has 2 aliphatic rings. The summed E-state index contributed by atoms with van der Waals surface area (Å²) in [4.78, 5) is 41.2. The van der Waals surface area contributed by atoms with E-state index in [-0.39, 0.29) is 31.7 Å². The zero-order valence-electron chi connectivity index (χ0n) is 13.8. The van der Waals surface area contributed by atoms with Crippen molar-refractivity contribution in [1.29, 1.82) is 0 Å². The summed E-state index contributed by atoms with van der Waals surface area (Å²) in [6.45, 7) is -0.0788. The first-order valence-electron chi connectivity index (χ1n) is 7.77. The molecule has 2 atom stereocenters. The van der Waals surface area contributed by atoms with E-state index in [9.17, 15) is 22.8 Å². The van der Waals surface area contributed by atoms with Gasteiger partial charge in [-0.05, 0) is 12.8 Å². The van der Waals surface area contributed by atoms with Crippen molar-refractivity contribution in [2.75, 3.05) is 12.3 Å². The number of nitrogens with two attached hydrogens (primary N) is 1. The van der Waals surface area contributed by atoms with Crippen LogP contribution in [0.5, 0.6) is 0 Å². The second-order valence-corrected chi connectivity index (χ2v) is 7.02. The lowest BCUT2D eigenvalue weighted by atomic mass is 10.0. The molecule has 0 aromatic carbocycles. The number of hydrazine groups is 1. The lowest BCUT2D eigenvalue weighted by Gasteiger charge is -2.29. The first-order valence-corrected chi connectivity index (χ1v) is 9.13. The van der Waals surface area contributed by atoms with Crippen molar-refractivity contribution in [3.63, 3.8) is 0 Å². The van der Waals surface area contributed by atoms with E-state index in [0.29, 0.717) is 5.06 Å². The smallest absolute Gasteiger partial charge is 0.382 e. The molecular weight excluding hydrogens is 386 g/mol. The van der Waals surface area contributed by atoms with Gasteiger partial charge in [0, 0.05) is 12.7 Å². The maximum atomic E-state index is 12.3. The zero-order chi connectivity index (χ0) is 19.8. The first kappa shape index (κ1) is 18.9. The zero-order valence-corrected chi connectivity index (χ0v) is 14.6. The third-order valence-corrected chi connectivity index (χ3v) is 4.45. The van der Waals surface area contributed by atoms with Gasteiger partial charge in [-0.3, -0.25) is 25.0 Å². The second kappa shape index (κ2) is 7.01.